The van der Waals surface area contributed by atoms with Crippen molar-refractivity contribution in [2.45, 2.75) is 13.5 Å². The van der Waals surface area contributed by atoms with Gasteiger partial charge in [0.2, 0.25) is 0 Å². The van der Waals surface area contributed by atoms with Gasteiger partial charge in [0, 0.05) is 6.54 Å². The average molecular weight is 342 g/mol. The molecule has 0 aliphatic heterocycles. The number of rotatable bonds is 4. The monoisotopic (exact) mass is 342 g/mol. The van der Waals surface area contributed by atoms with E-state index in [0.717, 1.165) is 16.8 Å². The lowest BCUT2D eigenvalue weighted by molar-refractivity contribution is 0.0994. The Balaban J connectivity index is 2.14. The van der Waals surface area contributed by atoms with Crippen LogP contribution < -0.4 is 14.3 Å². The molecule has 1 heterocycles. The Hall–Kier alpha value is -2.60. The van der Waals surface area contributed by atoms with Crippen molar-refractivity contribution >= 4 is 27.5 Å². The number of thiazole rings is 1. The second-order valence-corrected chi connectivity index (χ2v) is 6.09. The SMILES string of the molecule is CCn1c(=NC(=O)c2cc(OC)ccc2OC)sc2ccccc21. The van der Waals surface area contributed by atoms with Crippen LogP contribution in [0.1, 0.15) is 17.3 Å². The molecule has 0 atom stereocenters. The molecule has 5 nitrogen and oxygen atoms in total. The van der Waals surface area contributed by atoms with E-state index < -0.39 is 0 Å². The minimum atomic E-state index is -0.348. The molecule has 0 saturated heterocycles. The molecule has 2 aromatic carbocycles. The van der Waals surface area contributed by atoms with E-state index in [2.05, 4.69) is 4.99 Å². The first-order chi connectivity index (χ1) is 11.7. The Bertz CT molecular complexity index is 956. The zero-order chi connectivity index (χ0) is 17.1. The number of carbonyl (C=O) groups is 1. The van der Waals surface area contributed by atoms with Crippen molar-refractivity contribution in [3.8, 4) is 11.5 Å². The van der Waals surface area contributed by atoms with Crippen LogP contribution in [0, 0.1) is 0 Å². The fraction of sp³-hybridized carbons (Fsp3) is 0.222. The normalized spacial score (nSPS) is 11.7. The van der Waals surface area contributed by atoms with E-state index in [1.807, 2.05) is 35.8 Å². The van der Waals surface area contributed by atoms with Gasteiger partial charge < -0.3 is 14.0 Å². The molecular weight excluding hydrogens is 324 g/mol. The number of para-hydroxylation sites is 1. The van der Waals surface area contributed by atoms with Crippen molar-refractivity contribution in [2.24, 2.45) is 4.99 Å². The molecule has 1 amide bonds. The Morgan fingerprint density at radius 3 is 2.67 bits per heavy atom. The molecule has 0 spiro atoms. The van der Waals surface area contributed by atoms with Crippen molar-refractivity contribution in [3.05, 3.63) is 52.8 Å². The summed E-state index contributed by atoms with van der Waals surface area (Å²) in [6, 6.07) is 13.1. The zero-order valence-electron chi connectivity index (χ0n) is 13.8. The molecule has 0 unspecified atom stereocenters. The number of carbonyl (C=O) groups excluding carboxylic acids is 1. The maximum Gasteiger partial charge on any atom is 0.283 e. The molecule has 124 valence electrons. The first-order valence-corrected chi connectivity index (χ1v) is 8.39. The predicted octanol–water partition coefficient (Wildman–Crippen LogP) is 3.48. The Kier molecular flexibility index (Phi) is 4.66. The summed E-state index contributed by atoms with van der Waals surface area (Å²) in [6.07, 6.45) is 0. The van der Waals surface area contributed by atoms with Crippen molar-refractivity contribution in [1.82, 2.24) is 4.57 Å². The fourth-order valence-corrected chi connectivity index (χ4v) is 3.63. The Morgan fingerprint density at radius 1 is 1.17 bits per heavy atom. The molecule has 24 heavy (non-hydrogen) atoms. The molecule has 0 aliphatic carbocycles. The van der Waals surface area contributed by atoms with Crippen LogP contribution in [0.3, 0.4) is 0 Å². The molecule has 0 aliphatic rings. The number of methoxy groups -OCH3 is 2. The van der Waals surface area contributed by atoms with Crippen molar-refractivity contribution in [1.29, 1.82) is 0 Å². The van der Waals surface area contributed by atoms with Gasteiger partial charge >= 0.3 is 0 Å². The second kappa shape index (κ2) is 6.88. The van der Waals surface area contributed by atoms with Crippen LogP contribution in [0.5, 0.6) is 11.5 Å². The summed E-state index contributed by atoms with van der Waals surface area (Å²) in [7, 11) is 3.09. The highest BCUT2D eigenvalue weighted by Crippen LogP contribution is 2.25. The number of benzene rings is 2. The number of nitrogens with zero attached hydrogens (tertiary/aromatic N) is 2. The van der Waals surface area contributed by atoms with Crippen molar-refractivity contribution < 1.29 is 14.3 Å². The quantitative estimate of drug-likeness (QED) is 0.729. The van der Waals surface area contributed by atoms with Gasteiger partial charge in [0.1, 0.15) is 11.5 Å². The standard InChI is InChI=1S/C18H18N2O3S/c1-4-20-14-7-5-6-8-16(14)24-18(20)19-17(21)13-11-12(22-2)9-10-15(13)23-3/h5-11H,4H2,1-3H3. The summed E-state index contributed by atoms with van der Waals surface area (Å²) in [6.45, 7) is 2.78. The van der Waals surface area contributed by atoms with Crippen LogP contribution in [-0.2, 0) is 6.54 Å². The number of ether oxygens (including phenoxy) is 2. The van der Waals surface area contributed by atoms with Gasteiger partial charge in [0.15, 0.2) is 4.80 Å². The van der Waals surface area contributed by atoms with Crippen LogP contribution in [0.15, 0.2) is 47.5 Å². The molecule has 1 aromatic heterocycles. The minimum Gasteiger partial charge on any atom is -0.497 e. The summed E-state index contributed by atoms with van der Waals surface area (Å²) >= 11 is 1.50. The highest BCUT2D eigenvalue weighted by Gasteiger charge is 2.14. The summed E-state index contributed by atoms with van der Waals surface area (Å²) in [5, 5.41) is 0. The van der Waals surface area contributed by atoms with Gasteiger partial charge in [0.05, 0.1) is 30.0 Å². The second-order valence-electron chi connectivity index (χ2n) is 5.08. The van der Waals surface area contributed by atoms with Gasteiger partial charge in [-0.15, -0.1) is 0 Å². The largest absolute Gasteiger partial charge is 0.497 e. The van der Waals surface area contributed by atoms with Gasteiger partial charge in [0.25, 0.3) is 5.91 Å². The minimum absolute atomic E-state index is 0.348. The molecule has 0 radical (unpaired) electrons. The van der Waals surface area contributed by atoms with E-state index >= 15 is 0 Å². The van der Waals surface area contributed by atoms with E-state index in [-0.39, 0.29) is 5.91 Å². The maximum atomic E-state index is 12.7. The third-order valence-electron chi connectivity index (χ3n) is 3.74. The molecule has 0 N–H and O–H groups in total. The number of aromatic nitrogens is 1. The number of hydrogen-bond acceptors (Lipinski definition) is 4. The average Bonchev–Trinajstić information content (AvgIpc) is 2.97. The van der Waals surface area contributed by atoms with Crippen molar-refractivity contribution in [3.63, 3.8) is 0 Å². The lowest BCUT2D eigenvalue weighted by atomic mass is 10.2. The van der Waals surface area contributed by atoms with Gasteiger partial charge in [-0.1, -0.05) is 23.5 Å². The van der Waals surface area contributed by atoms with Crippen LogP contribution in [0.25, 0.3) is 10.2 Å². The number of amides is 1. The topological polar surface area (TPSA) is 52.8 Å². The van der Waals surface area contributed by atoms with Gasteiger partial charge in [-0.25, -0.2) is 0 Å². The van der Waals surface area contributed by atoms with Gasteiger partial charge in [-0.05, 0) is 37.3 Å². The molecule has 0 saturated carbocycles. The summed E-state index contributed by atoms with van der Waals surface area (Å²) in [5.41, 5.74) is 1.46. The van der Waals surface area contributed by atoms with Crippen molar-refractivity contribution in [2.75, 3.05) is 14.2 Å². The van der Waals surface area contributed by atoms with E-state index in [0.29, 0.717) is 21.9 Å². The summed E-state index contributed by atoms with van der Waals surface area (Å²) < 4.78 is 13.6. The highest BCUT2D eigenvalue weighted by molar-refractivity contribution is 7.16. The van der Waals surface area contributed by atoms with Crippen LogP contribution >= 0.6 is 11.3 Å². The molecule has 3 aromatic rings. The molecule has 0 fully saturated rings. The lowest BCUT2D eigenvalue weighted by Crippen LogP contribution is -2.16. The van der Waals surface area contributed by atoms with E-state index in [1.54, 1.807) is 25.3 Å². The van der Waals surface area contributed by atoms with E-state index in [1.165, 1.54) is 18.4 Å². The first kappa shape index (κ1) is 16.3. The third kappa shape index (κ3) is 2.92. The predicted molar refractivity (Wildman–Crippen MR) is 94.9 cm³/mol. The third-order valence-corrected chi connectivity index (χ3v) is 4.80. The number of fused-ring (bicyclic) bond motifs is 1. The highest BCUT2D eigenvalue weighted by atomic mass is 32.1. The number of aryl methyl sites for hydroxylation is 1. The van der Waals surface area contributed by atoms with E-state index in [4.69, 9.17) is 9.47 Å². The van der Waals surface area contributed by atoms with Crippen LogP contribution in [-0.4, -0.2) is 24.7 Å². The molecule has 0 bridgehead atoms. The lowest BCUT2D eigenvalue weighted by Gasteiger charge is -2.07. The summed E-state index contributed by atoms with van der Waals surface area (Å²) in [5.74, 6) is 0.724. The van der Waals surface area contributed by atoms with E-state index in [9.17, 15) is 4.79 Å². The molecule has 3 rings (SSSR count). The maximum absolute atomic E-state index is 12.7. The Morgan fingerprint density at radius 2 is 1.96 bits per heavy atom. The molecule has 6 heteroatoms. The van der Waals surface area contributed by atoms with Crippen LogP contribution in [0.4, 0.5) is 0 Å². The van der Waals surface area contributed by atoms with Gasteiger partial charge in [-0.2, -0.15) is 4.99 Å². The number of hydrogen-bond donors (Lipinski definition) is 0. The van der Waals surface area contributed by atoms with Crippen LogP contribution in [0.2, 0.25) is 0 Å². The fourth-order valence-electron chi connectivity index (χ4n) is 2.54. The smallest absolute Gasteiger partial charge is 0.283 e. The zero-order valence-corrected chi connectivity index (χ0v) is 14.6. The first-order valence-electron chi connectivity index (χ1n) is 7.57. The Labute approximate surface area is 143 Å². The van der Waals surface area contributed by atoms with Gasteiger partial charge in [-0.3, -0.25) is 4.79 Å². The summed E-state index contributed by atoms with van der Waals surface area (Å²) in [4.78, 5) is 17.7. The molecular formula is C18H18N2O3S.